The maximum Gasteiger partial charge on any atom is 0.229 e. The SMILES string of the molecule is Cc1ccc(-c2[c-]cccn2)[c-]c1-c1n(-c2ccccc2)c2ccccc2[n+]1C.[Y]. The van der Waals surface area contributed by atoms with Gasteiger partial charge in [-0.2, -0.15) is 29.8 Å². The average Bonchev–Trinajstić information content (AvgIpc) is 3.08. The molecule has 0 atom stereocenters. The zero-order valence-electron chi connectivity index (χ0n) is 17.0. The summed E-state index contributed by atoms with van der Waals surface area (Å²) in [7, 11) is 2.12. The van der Waals surface area contributed by atoms with Crippen molar-refractivity contribution in [3.05, 3.63) is 103 Å². The molecule has 0 spiro atoms. The predicted molar refractivity (Wildman–Crippen MR) is 116 cm³/mol. The third kappa shape index (κ3) is 3.53. The molecule has 5 rings (SSSR count). The van der Waals surface area contributed by atoms with Crippen molar-refractivity contribution in [1.29, 1.82) is 0 Å². The summed E-state index contributed by atoms with van der Waals surface area (Å²) in [6, 6.07) is 33.8. The van der Waals surface area contributed by atoms with Crippen molar-refractivity contribution in [3.8, 4) is 28.3 Å². The number of hydrogen-bond acceptors (Lipinski definition) is 1. The van der Waals surface area contributed by atoms with Gasteiger partial charge in [-0.3, -0.25) is 4.57 Å². The molecule has 0 aliphatic carbocycles. The second-order valence-corrected chi connectivity index (χ2v) is 7.10. The molecule has 0 amide bonds. The molecule has 3 nitrogen and oxygen atoms in total. The topological polar surface area (TPSA) is 21.7 Å². The molecule has 0 fully saturated rings. The maximum absolute atomic E-state index is 4.46. The van der Waals surface area contributed by atoms with Crippen LogP contribution in [0, 0.1) is 19.1 Å². The van der Waals surface area contributed by atoms with Crippen molar-refractivity contribution >= 4 is 11.0 Å². The first-order valence-electron chi connectivity index (χ1n) is 9.65. The Kier molecular flexibility index (Phi) is 5.94. The largest absolute Gasteiger partial charge is 0.334 e. The number of pyridine rings is 1. The third-order valence-electron chi connectivity index (χ3n) is 5.27. The summed E-state index contributed by atoms with van der Waals surface area (Å²) < 4.78 is 4.55. The molecule has 4 heteroatoms. The molecule has 2 heterocycles. The Morgan fingerprint density at radius 3 is 2.43 bits per heavy atom. The number of para-hydroxylation sites is 3. The summed E-state index contributed by atoms with van der Waals surface area (Å²) in [5.74, 6) is 1.09. The number of aromatic nitrogens is 3. The van der Waals surface area contributed by atoms with E-state index in [4.69, 9.17) is 0 Å². The molecule has 0 bridgehead atoms. The molecule has 5 aromatic rings. The van der Waals surface area contributed by atoms with Crippen LogP contribution < -0.4 is 4.57 Å². The van der Waals surface area contributed by atoms with E-state index in [-0.39, 0.29) is 32.7 Å². The van der Waals surface area contributed by atoms with Gasteiger partial charge in [-0.1, -0.05) is 37.3 Å². The van der Waals surface area contributed by atoms with Crippen LogP contribution in [-0.2, 0) is 39.8 Å². The quantitative estimate of drug-likeness (QED) is 0.270. The fourth-order valence-corrected chi connectivity index (χ4v) is 3.84. The van der Waals surface area contributed by atoms with Gasteiger partial charge in [0.2, 0.25) is 5.82 Å². The van der Waals surface area contributed by atoms with Gasteiger partial charge >= 0.3 is 0 Å². The van der Waals surface area contributed by atoms with E-state index in [1.807, 2.05) is 18.2 Å². The zero-order chi connectivity index (χ0) is 19.8. The molecule has 0 aliphatic rings. The number of benzene rings is 3. The molecular formula is C26H20N3Y-. The molecule has 0 unspecified atom stereocenters. The molecule has 3 aromatic carbocycles. The van der Waals surface area contributed by atoms with Crippen molar-refractivity contribution in [2.45, 2.75) is 6.92 Å². The van der Waals surface area contributed by atoms with Gasteiger partial charge in [0.1, 0.15) is 5.69 Å². The summed E-state index contributed by atoms with van der Waals surface area (Å²) in [6.45, 7) is 2.13. The molecule has 0 saturated heterocycles. The van der Waals surface area contributed by atoms with Crippen LogP contribution >= 0.6 is 0 Å². The average molecular weight is 463 g/mol. The summed E-state index contributed by atoms with van der Waals surface area (Å²) >= 11 is 0. The van der Waals surface area contributed by atoms with E-state index in [1.165, 1.54) is 16.6 Å². The van der Waals surface area contributed by atoms with Gasteiger partial charge in [0.15, 0.2) is 11.0 Å². The van der Waals surface area contributed by atoms with E-state index in [0.29, 0.717) is 0 Å². The van der Waals surface area contributed by atoms with Crippen LogP contribution in [0.1, 0.15) is 5.56 Å². The second kappa shape index (κ2) is 8.63. The Morgan fingerprint density at radius 1 is 0.900 bits per heavy atom. The Morgan fingerprint density at radius 2 is 1.67 bits per heavy atom. The summed E-state index contributed by atoms with van der Waals surface area (Å²) in [4.78, 5) is 4.46. The molecule has 0 N–H and O–H groups in total. The van der Waals surface area contributed by atoms with Gasteiger partial charge < -0.3 is 4.98 Å². The van der Waals surface area contributed by atoms with E-state index in [0.717, 1.165) is 28.3 Å². The summed E-state index contributed by atoms with van der Waals surface area (Å²) in [5.41, 5.74) is 7.44. The smallest absolute Gasteiger partial charge is 0.229 e. The van der Waals surface area contributed by atoms with E-state index in [2.05, 4.69) is 101 Å². The first-order chi connectivity index (χ1) is 14.2. The monoisotopic (exact) mass is 463 g/mol. The summed E-state index contributed by atoms with van der Waals surface area (Å²) in [5, 5.41) is 0. The van der Waals surface area contributed by atoms with E-state index in [1.54, 1.807) is 6.20 Å². The Balaban J connectivity index is 0.00000218. The van der Waals surface area contributed by atoms with Crippen LogP contribution in [0.15, 0.2) is 85.1 Å². The van der Waals surface area contributed by atoms with Gasteiger partial charge in [0.25, 0.3) is 0 Å². The normalized spacial score (nSPS) is 10.7. The van der Waals surface area contributed by atoms with Gasteiger partial charge in [0.05, 0.1) is 7.05 Å². The van der Waals surface area contributed by atoms with Gasteiger partial charge in [-0.15, -0.1) is 23.4 Å². The molecule has 143 valence electrons. The molecule has 1 radical (unpaired) electrons. The first kappa shape index (κ1) is 20.6. The number of fused-ring (bicyclic) bond motifs is 1. The standard InChI is InChI=1S/C26H20N3.Y/c1-19-15-16-20(23-12-8-9-17-27-23)18-22(19)26-28(2)24-13-6-7-14-25(24)29(26)21-10-4-3-5-11-21;/h3-11,13-17H,1-2H3;/q-1;. The summed E-state index contributed by atoms with van der Waals surface area (Å²) in [6.07, 6.45) is 1.79. The zero-order valence-corrected chi connectivity index (χ0v) is 19.8. The van der Waals surface area contributed by atoms with Crippen LogP contribution in [0.3, 0.4) is 0 Å². The molecule has 0 aliphatic heterocycles. The van der Waals surface area contributed by atoms with Crippen molar-refractivity contribution in [2.24, 2.45) is 7.05 Å². The van der Waals surface area contributed by atoms with Crippen LogP contribution in [0.2, 0.25) is 0 Å². The third-order valence-corrected chi connectivity index (χ3v) is 5.27. The van der Waals surface area contributed by atoms with Crippen LogP contribution in [0.4, 0.5) is 0 Å². The van der Waals surface area contributed by atoms with Crippen molar-refractivity contribution in [1.82, 2.24) is 9.55 Å². The van der Waals surface area contributed by atoms with Crippen molar-refractivity contribution in [3.63, 3.8) is 0 Å². The number of imidazole rings is 1. The fraction of sp³-hybridized carbons (Fsp3) is 0.0769. The van der Waals surface area contributed by atoms with Crippen molar-refractivity contribution in [2.75, 3.05) is 0 Å². The Bertz CT molecular complexity index is 1310. The van der Waals surface area contributed by atoms with E-state index < -0.39 is 0 Å². The van der Waals surface area contributed by atoms with Gasteiger partial charge in [-0.25, -0.2) is 4.57 Å². The maximum atomic E-state index is 4.46. The Labute approximate surface area is 201 Å². The predicted octanol–water partition coefficient (Wildman–Crippen LogP) is 5.09. The minimum Gasteiger partial charge on any atom is -0.334 e. The van der Waals surface area contributed by atoms with Gasteiger partial charge in [-0.05, 0) is 36.0 Å². The van der Waals surface area contributed by atoms with Crippen LogP contribution in [0.25, 0.3) is 39.4 Å². The fourth-order valence-electron chi connectivity index (χ4n) is 3.84. The van der Waals surface area contributed by atoms with Crippen LogP contribution in [0.5, 0.6) is 0 Å². The molecule has 2 aromatic heterocycles. The minimum absolute atomic E-state index is 0. The number of hydrogen-bond donors (Lipinski definition) is 0. The molecule has 0 saturated carbocycles. The molecule has 30 heavy (non-hydrogen) atoms. The second-order valence-electron chi connectivity index (χ2n) is 7.10. The number of aryl methyl sites for hydroxylation is 2. The van der Waals surface area contributed by atoms with Gasteiger partial charge in [0, 0.05) is 32.7 Å². The minimum atomic E-state index is 0. The van der Waals surface area contributed by atoms with Crippen molar-refractivity contribution < 1.29 is 37.3 Å². The first-order valence-corrected chi connectivity index (χ1v) is 9.65. The molecular weight excluding hydrogens is 443 g/mol. The van der Waals surface area contributed by atoms with E-state index in [9.17, 15) is 0 Å². The Hall–Kier alpha value is -2.62. The number of nitrogens with zero attached hydrogens (tertiary/aromatic N) is 3. The van der Waals surface area contributed by atoms with Crippen LogP contribution in [-0.4, -0.2) is 9.55 Å². The van der Waals surface area contributed by atoms with E-state index >= 15 is 0 Å². The number of rotatable bonds is 3.